The molecule has 0 aliphatic heterocycles. The summed E-state index contributed by atoms with van der Waals surface area (Å²) in [6.07, 6.45) is -3.50. The van der Waals surface area contributed by atoms with E-state index in [2.05, 4.69) is 5.32 Å². The Morgan fingerprint density at radius 2 is 1.67 bits per heavy atom. The molecular weight excluding hydrogens is 339 g/mol. The number of alkyl halides is 3. The summed E-state index contributed by atoms with van der Waals surface area (Å²) in [5.74, 6) is -0.778. The number of carbonyl (C=O) groups excluding carboxylic acids is 1. The van der Waals surface area contributed by atoms with Crippen LogP contribution in [0.3, 0.4) is 0 Å². The molecule has 0 aromatic heterocycles. The summed E-state index contributed by atoms with van der Waals surface area (Å²) in [5, 5.41) is 3.07. The number of nitrogens with one attached hydrogen (secondary N) is 1. The van der Waals surface area contributed by atoms with E-state index < -0.39 is 17.7 Å². The molecule has 24 heavy (non-hydrogen) atoms. The van der Waals surface area contributed by atoms with Crippen LogP contribution in [0.4, 0.5) is 13.2 Å². The van der Waals surface area contributed by atoms with Crippen molar-refractivity contribution in [3.63, 3.8) is 0 Å². The molecule has 1 amide bonds. The van der Waals surface area contributed by atoms with Crippen LogP contribution in [0.5, 0.6) is 0 Å². The molecule has 2 aromatic rings. The van der Waals surface area contributed by atoms with Crippen LogP contribution in [-0.4, -0.2) is 18.6 Å². The molecule has 2 rings (SSSR count). The highest BCUT2D eigenvalue weighted by Crippen LogP contribution is 2.33. The van der Waals surface area contributed by atoms with Crippen LogP contribution < -0.4 is 5.32 Å². The van der Waals surface area contributed by atoms with Crippen molar-refractivity contribution < 1.29 is 18.0 Å². The van der Waals surface area contributed by atoms with Crippen molar-refractivity contribution in [2.45, 2.75) is 12.6 Å². The molecule has 0 aliphatic carbocycles. The zero-order chi connectivity index (χ0) is 17.6. The predicted molar refractivity (Wildman–Crippen MR) is 88.6 cm³/mol. The number of allylic oxidation sites excluding steroid dienone is 1. The lowest BCUT2D eigenvalue weighted by atomic mass is 10.1. The van der Waals surface area contributed by atoms with Gasteiger partial charge in [-0.3, -0.25) is 4.79 Å². The Kier molecular flexibility index (Phi) is 6.04. The fraction of sp³-hybridized carbons (Fsp3) is 0.167. The molecule has 0 saturated heterocycles. The van der Waals surface area contributed by atoms with Gasteiger partial charge in [-0.05, 0) is 29.7 Å². The van der Waals surface area contributed by atoms with Gasteiger partial charge in [-0.15, -0.1) is 0 Å². The summed E-state index contributed by atoms with van der Waals surface area (Å²) in [4.78, 5) is 11.8. The molecule has 0 unspecified atom stereocenters. The minimum atomic E-state index is -4.60. The molecule has 0 aliphatic rings. The molecule has 2 aromatic carbocycles. The Morgan fingerprint density at radius 1 is 1.04 bits per heavy atom. The van der Waals surface area contributed by atoms with Gasteiger partial charge < -0.3 is 5.32 Å². The normalized spacial score (nSPS) is 12.1. The molecule has 0 fully saturated rings. The van der Waals surface area contributed by atoms with Crippen molar-refractivity contribution in [1.29, 1.82) is 0 Å². The Bertz CT molecular complexity index is 709. The third-order valence-electron chi connectivity index (χ3n) is 3.29. The highest BCUT2D eigenvalue weighted by molar-refractivity contribution is 6.30. The molecule has 126 valence electrons. The van der Waals surface area contributed by atoms with Crippen molar-refractivity contribution in [2.75, 3.05) is 6.54 Å². The van der Waals surface area contributed by atoms with Gasteiger partial charge in [-0.1, -0.05) is 54.1 Å². The second-order valence-corrected chi connectivity index (χ2v) is 5.53. The minimum absolute atomic E-state index is 0.0437. The largest absolute Gasteiger partial charge is 0.417 e. The van der Waals surface area contributed by atoms with Crippen LogP contribution in [0.25, 0.3) is 5.57 Å². The van der Waals surface area contributed by atoms with Gasteiger partial charge in [0.2, 0.25) is 5.91 Å². The molecule has 0 atom stereocenters. The average Bonchev–Trinajstić information content (AvgIpc) is 2.54. The summed E-state index contributed by atoms with van der Waals surface area (Å²) < 4.78 is 39.4. The lowest BCUT2D eigenvalue weighted by Crippen LogP contribution is -2.25. The third kappa shape index (κ3) is 5.42. The van der Waals surface area contributed by atoms with Gasteiger partial charge in [0.05, 0.1) is 5.57 Å². The van der Waals surface area contributed by atoms with Gasteiger partial charge >= 0.3 is 6.18 Å². The standard InChI is InChI=1S/C18H15ClF3NO/c19-15-8-6-13(7-9-15)10-11-23-17(24)12-16(18(20,21)22)14-4-2-1-3-5-14/h1-9,12H,10-11H2,(H,23,24)/b16-12+. The quantitative estimate of drug-likeness (QED) is 0.779. The van der Waals surface area contributed by atoms with Crippen LogP contribution >= 0.6 is 11.6 Å². The molecule has 0 radical (unpaired) electrons. The SMILES string of the molecule is O=C(/C=C(\c1ccccc1)C(F)(F)F)NCCc1ccc(Cl)cc1. The van der Waals surface area contributed by atoms with Gasteiger partial charge in [0.25, 0.3) is 0 Å². The first-order valence-electron chi connectivity index (χ1n) is 7.23. The average molecular weight is 354 g/mol. The van der Waals surface area contributed by atoms with E-state index in [-0.39, 0.29) is 12.1 Å². The van der Waals surface area contributed by atoms with Crippen molar-refractivity contribution in [2.24, 2.45) is 0 Å². The van der Waals surface area contributed by atoms with Crippen LogP contribution in [0.2, 0.25) is 5.02 Å². The summed E-state index contributed by atoms with van der Waals surface area (Å²) in [6, 6.07) is 14.3. The zero-order valence-electron chi connectivity index (χ0n) is 12.6. The highest BCUT2D eigenvalue weighted by atomic mass is 35.5. The number of halogens is 4. The number of rotatable bonds is 5. The van der Waals surface area contributed by atoms with Gasteiger partial charge in [0, 0.05) is 17.6 Å². The number of hydrogen-bond donors (Lipinski definition) is 1. The fourth-order valence-electron chi connectivity index (χ4n) is 2.11. The van der Waals surface area contributed by atoms with E-state index in [9.17, 15) is 18.0 Å². The lowest BCUT2D eigenvalue weighted by molar-refractivity contribution is -0.116. The second kappa shape index (κ2) is 8.02. The second-order valence-electron chi connectivity index (χ2n) is 5.09. The summed E-state index contributed by atoms with van der Waals surface area (Å²) in [6.45, 7) is 0.233. The number of amides is 1. The Hall–Kier alpha value is -2.27. The Balaban J connectivity index is 2.01. The van der Waals surface area contributed by atoms with Crippen LogP contribution in [0.1, 0.15) is 11.1 Å². The van der Waals surface area contributed by atoms with E-state index in [0.29, 0.717) is 17.5 Å². The predicted octanol–water partition coefficient (Wildman–Crippen LogP) is 4.64. The van der Waals surface area contributed by atoms with E-state index in [1.807, 2.05) is 0 Å². The fourth-order valence-corrected chi connectivity index (χ4v) is 2.24. The third-order valence-corrected chi connectivity index (χ3v) is 3.54. The first-order valence-corrected chi connectivity index (χ1v) is 7.60. The first-order chi connectivity index (χ1) is 11.4. The van der Waals surface area contributed by atoms with Gasteiger partial charge in [-0.25, -0.2) is 0 Å². The van der Waals surface area contributed by atoms with Gasteiger partial charge in [0.1, 0.15) is 0 Å². The van der Waals surface area contributed by atoms with E-state index in [1.54, 1.807) is 30.3 Å². The van der Waals surface area contributed by atoms with Gasteiger partial charge in [-0.2, -0.15) is 13.2 Å². The maximum atomic E-state index is 13.1. The highest BCUT2D eigenvalue weighted by Gasteiger charge is 2.35. The molecule has 6 heteroatoms. The molecule has 0 bridgehead atoms. The molecule has 2 nitrogen and oxygen atoms in total. The molecule has 0 saturated carbocycles. The molecule has 0 heterocycles. The number of hydrogen-bond acceptors (Lipinski definition) is 1. The van der Waals surface area contributed by atoms with Crippen molar-refractivity contribution in [3.05, 3.63) is 76.8 Å². The number of carbonyl (C=O) groups is 1. The van der Waals surface area contributed by atoms with Crippen molar-refractivity contribution in [1.82, 2.24) is 5.32 Å². The zero-order valence-corrected chi connectivity index (χ0v) is 13.4. The monoisotopic (exact) mass is 353 g/mol. The van der Waals surface area contributed by atoms with E-state index in [0.717, 1.165) is 5.56 Å². The summed E-state index contributed by atoms with van der Waals surface area (Å²) in [5.41, 5.74) is -0.0762. The van der Waals surface area contributed by atoms with Gasteiger partial charge in [0.15, 0.2) is 0 Å². The van der Waals surface area contributed by atoms with Crippen LogP contribution in [0.15, 0.2) is 60.7 Å². The summed E-state index contributed by atoms with van der Waals surface area (Å²) >= 11 is 5.77. The molecular formula is C18H15ClF3NO. The number of benzene rings is 2. The Labute approximate surface area is 142 Å². The van der Waals surface area contributed by atoms with E-state index >= 15 is 0 Å². The molecule has 1 N–H and O–H groups in total. The van der Waals surface area contributed by atoms with Crippen molar-refractivity contribution in [3.8, 4) is 0 Å². The van der Waals surface area contributed by atoms with Crippen LogP contribution in [0, 0.1) is 0 Å². The smallest absolute Gasteiger partial charge is 0.352 e. The van der Waals surface area contributed by atoms with Crippen molar-refractivity contribution >= 4 is 23.1 Å². The Morgan fingerprint density at radius 3 is 2.25 bits per heavy atom. The molecule has 0 spiro atoms. The lowest BCUT2D eigenvalue weighted by Gasteiger charge is -2.12. The maximum Gasteiger partial charge on any atom is 0.417 e. The minimum Gasteiger partial charge on any atom is -0.352 e. The topological polar surface area (TPSA) is 29.1 Å². The first kappa shape index (κ1) is 18.1. The summed E-state index contributed by atoms with van der Waals surface area (Å²) in [7, 11) is 0. The maximum absolute atomic E-state index is 13.1. The van der Waals surface area contributed by atoms with E-state index in [1.165, 1.54) is 24.3 Å². The van der Waals surface area contributed by atoms with E-state index in [4.69, 9.17) is 11.6 Å². The van der Waals surface area contributed by atoms with Crippen LogP contribution in [-0.2, 0) is 11.2 Å².